The van der Waals surface area contributed by atoms with Crippen LogP contribution in [0.15, 0.2) is 30.5 Å². The lowest BCUT2D eigenvalue weighted by Crippen LogP contribution is -2.35. The Morgan fingerprint density at radius 3 is 2.62 bits per heavy atom. The molecule has 2 aromatic rings. The van der Waals surface area contributed by atoms with Gasteiger partial charge in [-0.2, -0.15) is 0 Å². The normalized spacial score (nSPS) is 12.2. The van der Waals surface area contributed by atoms with E-state index in [0.29, 0.717) is 0 Å². The van der Waals surface area contributed by atoms with Crippen LogP contribution < -0.4 is 5.32 Å². The summed E-state index contributed by atoms with van der Waals surface area (Å²) in [5.41, 5.74) is 2.80. The van der Waals surface area contributed by atoms with E-state index < -0.39 is 0 Å². The van der Waals surface area contributed by atoms with Gasteiger partial charge < -0.3 is 9.88 Å². The van der Waals surface area contributed by atoms with Crippen LogP contribution in [0.2, 0.25) is 0 Å². The van der Waals surface area contributed by atoms with Crippen molar-refractivity contribution >= 4 is 10.9 Å². The molecule has 0 spiro atoms. The van der Waals surface area contributed by atoms with E-state index in [2.05, 4.69) is 68.2 Å². The number of hydrogen-bond acceptors (Lipinski definition) is 1. The Morgan fingerprint density at radius 2 is 1.94 bits per heavy atom. The van der Waals surface area contributed by atoms with Crippen molar-refractivity contribution < 1.29 is 0 Å². The Balaban J connectivity index is 2.20. The Bertz CT molecular complexity index is 489. The van der Waals surface area contributed by atoms with E-state index in [1.54, 1.807) is 0 Å². The maximum atomic E-state index is 3.50. The first kappa shape index (κ1) is 11.2. The number of hydrogen-bond donors (Lipinski definition) is 1. The summed E-state index contributed by atoms with van der Waals surface area (Å²) in [6.45, 7) is 7.49. The molecule has 0 bridgehead atoms. The first-order chi connectivity index (χ1) is 7.46. The topological polar surface area (TPSA) is 17.0 Å². The predicted molar refractivity (Wildman–Crippen MR) is 69.5 cm³/mol. The third kappa shape index (κ3) is 2.45. The molecule has 1 N–H and O–H groups in total. The summed E-state index contributed by atoms with van der Waals surface area (Å²) >= 11 is 0. The zero-order valence-corrected chi connectivity index (χ0v) is 10.5. The molecule has 0 fully saturated rings. The summed E-state index contributed by atoms with van der Waals surface area (Å²) in [6.07, 6.45) is 2.10. The molecule has 0 saturated carbocycles. The van der Waals surface area contributed by atoms with Gasteiger partial charge in [0.2, 0.25) is 0 Å². The lowest BCUT2D eigenvalue weighted by Gasteiger charge is -2.20. The van der Waals surface area contributed by atoms with E-state index in [0.717, 1.165) is 6.54 Å². The summed E-state index contributed by atoms with van der Waals surface area (Å²) in [6, 6.07) is 8.81. The van der Waals surface area contributed by atoms with E-state index in [1.165, 1.54) is 16.5 Å². The highest BCUT2D eigenvalue weighted by Crippen LogP contribution is 2.17. The van der Waals surface area contributed by atoms with Crippen LogP contribution in [0.4, 0.5) is 0 Å². The number of aryl methyl sites for hydroxylation is 1. The monoisotopic (exact) mass is 216 g/mol. The molecule has 86 valence electrons. The van der Waals surface area contributed by atoms with Crippen LogP contribution >= 0.6 is 0 Å². The molecular weight excluding hydrogens is 196 g/mol. The van der Waals surface area contributed by atoms with Crippen LogP contribution in [-0.4, -0.2) is 10.1 Å². The smallest absolute Gasteiger partial charge is 0.0477 e. The van der Waals surface area contributed by atoms with Crippen LogP contribution in [0.3, 0.4) is 0 Å². The minimum atomic E-state index is 0.172. The average molecular weight is 216 g/mol. The van der Waals surface area contributed by atoms with Gasteiger partial charge in [-0.05, 0) is 49.9 Å². The molecule has 0 amide bonds. The van der Waals surface area contributed by atoms with Crippen molar-refractivity contribution in [3.05, 3.63) is 36.0 Å². The van der Waals surface area contributed by atoms with Crippen molar-refractivity contribution in [3.63, 3.8) is 0 Å². The SMILES string of the molecule is Cn1ccc2cc(CNC(C)(C)C)ccc21. The van der Waals surface area contributed by atoms with Gasteiger partial charge in [-0.1, -0.05) is 6.07 Å². The minimum Gasteiger partial charge on any atom is -0.351 e. The maximum Gasteiger partial charge on any atom is 0.0477 e. The molecule has 0 aliphatic heterocycles. The van der Waals surface area contributed by atoms with Gasteiger partial charge in [0.1, 0.15) is 0 Å². The Hall–Kier alpha value is -1.28. The molecule has 0 aliphatic rings. The summed E-state index contributed by atoms with van der Waals surface area (Å²) < 4.78 is 2.15. The van der Waals surface area contributed by atoms with E-state index in [4.69, 9.17) is 0 Å². The summed E-state index contributed by atoms with van der Waals surface area (Å²) in [5.74, 6) is 0. The molecule has 16 heavy (non-hydrogen) atoms. The van der Waals surface area contributed by atoms with Crippen LogP contribution in [0.5, 0.6) is 0 Å². The fourth-order valence-corrected chi connectivity index (χ4v) is 1.81. The third-order valence-electron chi connectivity index (χ3n) is 2.77. The standard InChI is InChI=1S/C14H20N2/c1-14(2,3)15-10-11-5-6-13-12(9-11)7-8-16(13)4/h5-9,15H,10H2,1-4H3. The second kappa shape index (κ2) is 3.95. The fraction of sp³-hybridized carbons (Fsp3) is 0.429. The third-order valence-corrected chi connectivity index (χ3v) is 2.77. The van der Waals surface area contributed by atoms with Gasteiger partial charge in [0.05, 0.1) is 0 Å². The highest BCUT2D eigenvalue weighted by molar-refractivity contribution is 5.80. The number of rotatable bonds is 2. The zero-order chi connectivity index (χ0) is 11.8. The number of benzene rings is 1. The average Bonchev–Trinajstić information content (AvgIpc) is 2.56. The molecule has 1 aromatic heterocycles. The van der Waals surface area contributed by atoms with Crippen LogP contribution in [0.25, 0.3) is 10.9 Å². The molecule has 1 heterocycles. The second-order valence-corrected chi connectivity index (χ2v) is 5.42. The van der Waals surface area contributed by atoms with Crippen molar-refractivity contribution in [2.24, 2.45) is 7.05 Å². The number of fused-ring (bicyclic) bond motifs is 1. The van der Waals surface area contributed by atoms with Gasteiger partial charge in [0.15, 0.2) is 0 Å². The van der Waals surface area contributed by atoms with E-state index in [1.807, 2.05) is 0 Å². The van der Waals surface area contributed by atoms with E-state index in [9.17, 15) is 0 Å². The molecular formula is C14H20N2. The van der Waals surface area contributed by atoms with Gasteiger partial charge in [0.25, 0.3) is 0 Å². The van der Waals surface area contributed by atoms with E-state index in [-0.39, 0.29) is 5.54 Å². The van der Waals surface area contributed by atoms with Crippen LogP contribution in [0.1, 0.15) is 26.3 Å². The first-order valence-electron chi connectivity index (χ1n) is 5.75. The van der Waals surface area contributed by atoms with Crippen molar-refractivity contribution in [1.82, 2.24) is 9.88 Å². The molecule has 0 unspecified atom stereocenters. The van der Waals surface area contributed by atoms with Gasteiger partial charge >= 0.3 is 0 Å². The maximum absolute atomic E-state index is 3.50. The zero-order valence-electron chi connectivity index (χ0n) is 10.5. The van der Waals surface area contributed by atoms with Gasteiger partial charge in [0, 0.05) is 30.8 Å². The Morgan fingerprint density at radius 1 is 1.19 bits per heavy atom. The lowest BCUT2D eigenvalue weighted by atomic mass is 10.1. The fourth-order valence-electron chi connectivity index (χ4n) is 1.81. The lowest BCUT2D eigenvalue weighted by molar-refractivity contribution is 0.424. The Labute approximate surface area is 97.3 Å². The molecule has 2 heteroatoms. The number of nitrogens with zero attached hydrogens (tertiary/aromatic N) is 1. The van der Waals surface area contributed by atoms with Crippen molar-refractivity contribution in [2.75, 3.05) is 0 Å². The van der Waals surface area contributed by atoms with Gasteiger partial charge in [-0.3, -0.25) is 0 Å². The summed E-state index contributed by atoms with van der Waals surface area (Å²) in [7, 11) is 2.08. The van der Waals surface area contributed by atoms with Crippen LogP contribution in [-0.2, 0) is 13.6 Å². The highest BCUT2D eigenvalue weighted by atomic mass is 14.9. The largest absolute Gasteiger partial charge is 0.351 e. The van der Waals surface area contributed by atoms with Gasteiger partial charge in [-0.25, -0.2) is 0 Å². The van der Waals surface area contributed by atoms with Crippen molar-refractivity contribution in [1.29, 1.82) is 0 Å². The van der Waals surface area contributed by atoms with E-state index >= 15 is 0 Å². The highest BCUT2D eigenvalue weighted by Gasteiger charge is 2.08. The predicted octanol–water partition coefficient (Wildman–Crippen LogP) is 3.07. The number of nitrogens with one attached hydrogen (secondary N) is 1. The van der Waals surface area contributed by atoms with Gasteiger partial charge in [-0.15, -0.1) is 0 Å². The molecule has 1 aromatic carbocycles. The number of aromatic nitrogens is 1. The van der Waals surface area contributed by atoms with Crippen LogP contribution in [0, 0.1) is 0 Å². The summed E-state index contributed by atoms with van der Waals surface area (Å²) in [5, 5.41) is 4.82. The Kier molecular flexibility index (Phi) is 2.76. The van der Waals surface area contributed by atoms with Crippen molar-refractivity contribution in [3.8, 4) is 0 Å². The molecule has 2 rings (SSSR count). The summed E-state index contributed by atoms with van der Waals surface area (Å²) in [4.78, 5) is 0. The molecule has 2 nitrogen and oxygen atoms in total. The molecule has 0 atom stereocenters. The molecule has 0 aliphatic carbocycles. The molecule has 0 radical (unpaired) electrons. The molecule has 0 saturated heterocycles. The second-order valence-electron chi connectivity index (χ2n) is 5.42. The quantitative estimate of drug-likeness (QED) is 0.816. The first-order valence-corrected chi connectivity index (χ1v) is 5.75. The minimum absolute atomic E-state index is 0.172. The van der Waals surface area contributed by atoms with Crippen molar-refractivity contribution in [2.45, 2.75) is 32.9 Å².